The second kappa shape index (κ2) is 11.0. The number of ether oxygens (including phenoxy) is 1. The summed E-state index contributed by atoms with van der Waals surface area (Å²) in [6, 6.07) is 21.2. The van der Waals surface area contributed by atoms with Gasteiger partial charge in [0.2, 0.25) is 5.95 Å². The Bertz CT molecular complexity index is 1620. The number of aryl methyl sites for hydroxylation is 2. The number of para-hydroxylation sites is 1. The highest BCUT2D eigenvalue weighted by Gasteiger charge is 2.19. The van der Waals surface area contributed by atoms with Gasteiger partial charge >= 0.3 is 5.63 Å². The number of benzene rings is 3. The van der Waals surface area contributed by atoms with E-state index in [1.54, 1.807) is 13.0 Å². The smallest absolute Gasteiger partial charge is 0.349 e. The Morgan fingerprint density at radius 2 is 1.81 bits per heavy atom. The van der Waals surface area contributed by atoms with E-state index in [2.05, 4.69) is 5.32 Å². The van der Waals surface area contributed by atoms with Gasteiger partial charge in [-0.1, -0.05) is 44.2 Å². The number of amides is 1. The predicted octanol–water partition coefficient (Wildman–Crippen LogP) is 5.71. The lowest BCUT2D eigenvalue weighted by atomic mass is 10.1. The lowest BCUT2D eigenvalue weighted by Crippen LogP contribution is -2.22. The first-order valence-electron chi connectivity index (χ1n) is 12.2. The van der Waals surface area contributed by atoms with Crippen molar-refractivity contribution in [1.82, 2.24) is 9.55 Å². The molecule has 0 aliphatic heterocycles. The number of rotatable bonds is 7. The van der Waals surface area contributed by atoms with E-state index < -0.39 is 11.5 Å². The third-order valence-corrected chi connectivity index (χ3v) is 5.88. The van der Waals surface area contributed by atoms with Crippen molar-refractivity contribution in [3.05, 3.63) is 93.8 Å². The number of nitrogens with zero attached hydrogens (tertiary/aromatic N) is 2. The molecule has 5 aromatic rings. The van der Waals surface area contributed by atoms with Crippen molar-refractivity contribution in [1.29, 1.82) is 0 Å². The number of hydrogen-bond acceptors (Lipinski definition) is 6. The SMILES string of the molecule is CC.Cc1cccc(Nc2nc3cc4c(C)c(C(N)=O)c(=O)oc4cc3n2CCOc2ccccc2)c1. The van der Waals surface area contributed by atoms with Crippen LogP contribution < -0.4 is 21.4 Å². The molecule has 2 heterocycles. The van der Waals surface area contributed by atoms with Crippen LogP contribution in [0.25, 0.3) is 22.0 Å². The fourth-order valence-corrected chi connectivity index (χ4v) is 4.20. The molecule has 8 nitrogen and oxygen atoms in total. The second-order valence-electron chi connectivity index (χ2n) is 8.33. The Morgan fingerprint density at radius 1 is 1.05 bits per heavy atom. The number of imidazole rings is 1. The third-order valence-electron chi connectivity index (χ3n) is 5.88. The molecule has 0 bridgehead atoms. The summed E-state index contributed by atoms with van der Waals surface area (Å²) in [7, 11) is 0. The van der Waals surface area contributed by atoms with Crippen LogP contribution in [0.3, 0.4) is 0 Å². The van der Waals surface area contributed by atoms with Gasteiger partial charge in [0, 0.05) is 17.1 Å². The average Bonchev–Trinajstić information content (AvgIpc) is 3.20. The van der Waals surface area contributed by atoms with Crippen molar-refractivity contribution < 1.29 is 13.9 Å². The molecular weight excluding hydrogens is 468 g/mol. The number of primary amides is 1. The summed E-state index contributed by atoms with van der Waals surface area (Å²) in [5.74, 6) is 0.576. The average molecular weight is 499 g/mol. The summed E-state index contributed by atoms with van der Waals surface area (Å²) >= 11 is 0. The first kappa shape index (κ1) is 25.5. The molecule has 190 valence electrons. The van der Waals surface area contributed by atoms with Gasteiger partial charge in [-0.3, -0.25) is 4.79 Å². The van der Waals surface area contributed by atoms with Crippen molar-refractivity contribution in [2.24, 2.45) is 5.73 Å². The van der Waals surface area contributed by atoms with Crippen LogP contribution in [-0.2, 0) is 6.54 Å². The molecule has 0 radical (unpaired) electrons. The van der Waals surface area contributed by atoms with Gasteiger partial charge in [-0.2, -0.15) is 0 Å². The van der Waals surface area contributed by atoms with Crippen LogP contribution in [0.2, 0.25) is 0 Å². The largest absolute Gasteiger partial charge is 0.492 e. The molecule has 0 aliphatic carbocycles. The Hall–Kier alpha value is -4.59. The van der Waals surface area contributed by atoms with Gasteiger partial charge in [0.15, 0.2) is 0 Å². The molecule has 37 heavy (non-hydrogen) atoms. The minimum absolute atomic E-state index is 0.148. The van der Waals surface area contributed by atoms with Gasteiger partial charge in [0.05, 0.1) is 17.6 Å². The zero-order chi connectivity index (χ0) is 26.5. The molecule has 0 saturated heterocycles. The Morgan fingerprint density at radius 3 is 2.51 bits per heavy atom. The molecule has 0 aliphatic rings. The number of aromatic nitrogens is 2. The van der Waals surface area contributed by atoms with Crippen molar-refractivity contribution >= 4 is 39.5 Å². The van der Waals surface area contributed by atoms with E-state index in [1.165, 1.54) is 0 Å². The number of nitrogens with one attached hydrogen (secondary N) is 1. The Balaban J connectivity index is 0.00000156. The maximum absolute atomic E-state index is 12.4. The van der Waals surface area contributed by atoms with Gasteiger partial charge in [-0.05, 0) is 55.3 Å². The molecule has 3 N–H and O–H groups in total. The molecule has 0 fully saturated rings. The molecule has 0 unspecified atom stereocenters. The summed E-state index contributed by atoms with van der Waals surface area (Å²) in [5.41, 5.74) is 8.80. The molecule has 3 aromatic carbocycles. The number of anilines is 2. The monoisotopic (exact) mass is 498 g/mol. The van der Waals surface area contributed by atoms with E-state index >= 15 is 0 Å². The van der Waals surface area contributed by atoms with Crippen molar-refractivity contribution in [3.8, 4) is 5.75 Å². The minimum Gasteiger partial charge on any atom is -0.492 e. The van der Waals surface area contributed by atoms with Crippen LogP contribution in [0.15, 0.2) is 75.9 Å². The van der Waals surface area contributed by atoms with Gasteiger partial charge < -0.3 is 24.8 Å². The number of nitrogens with two attached hydrogens (primary N) is 1. The van der Waals surface area contributed by atoms with Crippen LogP contribution in [-0.4, -0.2) is 22.1 Å². The fourth-order valence-electron chi connectivity index (χ4n) is 4.20. The number of carbonyl (C=O) groups excluding carboxylic acids is 1. The summed E-state index contributed by atoms with van der Waals surface area (Å²) in [6.45, 7) is 8.60. The molecule has 0 spiro atoms. The zero-order valence-corrected chi connectivity index (χ0v) is 21.4. The molecule has 0 atom stereocenters. The number of hydrogen-bond donors (Lipinski definition) is 2. The van der Waals surface area contributed by atoms with Gasteiger partial charge in [0.1, 0.15) is 23.5 Å². The van der Waals surface area contributed by atoms with E-state index in [-0.39, 0.29) is 5.56 Å². The quantitative estimate of drug-likeness (QED) is 0.278. The Labute approximate surface area is 214 Å². The molecule has 1 amide bonds. The van der Waals surface area contributed by atoms with Crippen LogP contribution in [0, 0.1) is 13.8 Å². The van der Waals surface area contributed by atoms with E-state index in [0.717, 1.165) is 22.5 Å². The topological polar surface area (TPSA) is 112 Å². The molecule has 0 saturated carbocycles. The maximum Gasteiger partial charge on any atom is 0.349 e. The van der Waals surface area contributed by atoms with E-state index in [0.29, 0.717) is 41.1 Å². The fraction of sp³-hybridized carbons (Fsp3) is 0.207. The van der Waals surface area contributed by atoms with Crippen LogP contribution in [0.5, 0.6) is 5.75 Å². The van der Waals surface area contributed by atoms with Gasteiger partial charge in [0.25, 0.3) is 5.91 Å². The minimum atomic E-state index is -0.816. The Kier molecular flexibility index (Phi) is 7.57. The first-order valence-corrected chi connectivity index (χ1v) is 12.2. The van der Waals surface area contributed by atoms with Crippen molar-refractivity contribution in [2.45, 2.75) is 34.2 Å². The summed E-state index contributed by atoms with van der Waals surface area (Å²) in [6.07, 6.45) is 0. The standard InChI is InChI=1S/C27H24N4O4.C2H6/c1-16-7-6-8-18(13-16)29-27-30-21-14-20-17(2)24(25(28)32)26(33)35-23(20)15-22(21)31(27)11-12-34-19-9-4-3-5-10-19;1-2/h3-10,13-15H,11-12H2,1-2H3,(H2,28,32)(H,29,30);1-2H3. The predicted molar refractivity (Wildman–Crippen MR) is 147 cm³/mol. The van der Waals surface area contributed by atoms with Crippen molar-refractivity contribution in [2.75, 3.05) is 11.9 Å². The summed E-state index contributed by atoms with van der Waals surface area (Å²) in [4.78, 5) is 29.0. The van der Waals surface area contributed by atoms with Crippen LogP contribution in [0.4, 0.5) is 11.6 Å². The second-order valence-corrected chi connectivity index (χ2v) is 8.33. The van der Waals surface area contributed by atoms with Crippen LogP contribution >= 0.6 is 0 Å². The maximum atomic E-state index is 12.4. The van der Waals surface area contributed by atoms with Crippen molar-refractivity contribution in [3.63, 3.8) is 0 Å². The molecule has 8 heteroatoms. The number of carbonyl (C=O) groups is 1. The summed E-state index contributed by atoms with van der Waals surface area (Å²) in [5, 5.41) is 4.00. The van der Waals surface area contributed by atoms with E-state index in [9.17, 15) is 9.59 Å². The highest BCUT2D eigenvalue weighted by molar-refractivity contribution is 6.01. The first-order chi connectivity index (χ1) is 17.9. The van der Waals surface area contributed by atoms with Gasteiger partial charge in [-0.25, -0.2) is 9.78 Å². The molecule has 5 rings (SSSR count). The molecule has 2 aromatic heterocycles. The lowest BCUT2D eigenvalue weighted by Gasteiger charge is -2.12. The highest BCUT2D eigenvalue weighted by atomic mass is 16.5. The number of fused-ring (bicyclic) bond motifs is 2. The highest BCUT2D eigenvalue weighted by Crippen LogP contribution is 2.29. The van der Waals surface area contributed by atoms with E-state index in [4.69, 9.17) is 19.9 Å². The normalized spacial score (nSPS) is 10.7. The van der Waals surface area contributed by atoms with E-state index in [1.807, 2.05) is 86.0 Å². The summed E-state index contributed by atoms with van der Waals surface area (Å²) < 4.78 is 13.4. The van der Waals surface area contributed by atoms with Gasteiger partial charge in [-0.15, -0.1) is 0 Å². The zero-order valence-electron chi connectivity index (χ0n) is 21.4. The molecular formula is C29H30N4O4. The third kappa shape index (κ3) is 5.33. The van der Waals surface area contributed by atoms with Crippen LogP contribution in [0.1, 0.15) is 35.3 Å². The lowest BCUT2D eigenvalue weighted by molar-refractivity contribution is 0.0996.